The predicted octanol–water partition coefficient (Wildman–Crippen LogP) is 1.31. The minimum atomic E-state index is -1.93. The van der Waals surface area contributed by atoms with Gasteiger partial charge >= 0.3 is 0 Å². The predicted molar refractivity (Wildman–Crippen MR) is 41.9 cm³/mol. The second-order valence-corrected chi connectivity index (χ2v) is 2.41. The summed E-state index contributed by atoms with van der Waals surface area (Å²) in [5, 5.41) is 17.8. The zero-order valence-electron chi connectivity index (χ0n) is 9.21. The van der Waals surface area contributed by atoms with Crippen LogP contribution in [0.4, 0.5) is 0 Å². The van der Waals surface area contributed by atoms with Gasteiger partial charge in [-0.2, -0.15) is 0 Å². The molecule has 62 valence electrons. The first kappa shape index (κ1) is 5.56. The van der Waals surface area contributed by atoms with Crippen molar-refractivity contribution in [2.24, 2.45) is 0 Å². The van der Waals surface area contributed by atoms with Crippen LogP contribution in [0, 0.1) is 0 Å². The maximum Gasteiger partial charge on any atom is 0.0540 e. The molecular weight excluding hydrogens is 132 g/mol. The van der Waals surface area contributed by atoms with E-state index >= 15 is 0 Å². The monoisotopic (exact) mass is 153 g/mol. The molecule has 0 heterocycles. The van der Waals surface area contributed by atoms with Crippen molar-refractivity contribution in [3.63, 3.8) is 0 Å². The summed E-state index contributed by atoms with van der Waals surface area (Å²) in [7, 11) is 0. The van der Waals surface area contributed by atoms with Crippen LogP contribution < -0.4 is 0 Å². The van der Waals surface area contributed by atoms with Crippen LogP contribution in [0.1, 0.15) is 43.1 Å². The third-order valence-electron chi connectivity index (χ3n) is 1.42. The quantitative estimate of drug-likeness (QED) is 0.446. The van der Waals surface area contributed by atoms with Crippen molar-refractivity contribution in [3.8, 4) is 0 Å². The summed E-state index contributed by atoms with van der Waals surface area (Å²) in [5.41, 5.74) is 0. The lowest BCUT2D eigenvalue weighted by Crippen LogP contribution is -2.05. The molecule has 0 aromatic rings. The van der Waals surface area contributed by atoms with Gasteiger partial charge in [0, 0.05) is 10.7 Å². The molecule has 0 bridgehead atoms. The van der Waals surface area contributed by atoms with Crippen molar-refractivity contribution in [2.75, 3.05) is 6.61 Å². The molecule has 1 unspecified atom stereocenters. The molecule has 2 N–H and O–H groups in total. The molecule has 1 atom stereocenters. The smallest absolute Gasteiger partial charge is 0.0540 e. The summed E-state index contributed by atoms with van der Waals surface area (Å²) < 4.78 is 20.8. The second kappa shape index (κ2) is 7.03. The number of aliphatic hydroxyl groups is 2. The fourth-order valence-electron chi connectivity index (χ4n) is 0.803. The lowest BCUT2D eigenvalue weighted by molar-refractivity contribution is 0.147. The minimum Gasteiger partial charge on any atom is -0.396 e. The Labute approximate surface area is 67.1 Å². The highest BCUT2D eigenvalue weighted by atomic mass is 16.4. The number of unbranched alkanes of at least 4 members (excludes halogenated alkanes) is 1. The van der Waals surface area contributed by atoms with E-state index in [0.717, 1.165) is 6.42 Å². The Balaban J connectivity index is 3.35. The van der Waals surface area contributed by atoms with Gasteiger partial charge in [-0.15, -0.1) is 0 Å². The van der Waals surface area contributed by atoms with Gasteiger partial charge in [0.15, 0.2) is 0 Å². The van der Waals surface area contributed by atoms with Crippen molar-refractivity contribution in [1.29, 1.82) is 0 Å². The fourth-order valence-corrected chi connectivity index (χ4v) is 0.803. The largest absolute Gasteiger partial charge is 0.396 e. The summed E-state index contributed by atoms with van der Waals surface area (Å²) in [5.74, 6) is 0. The zero-order valence-corrected chi connectivity index (χ0v) is 6.21. The van der Waals surface area contributed by atoms with E-state index in [4.69, 9.17) is 9.22 Å². The van der Waals surface area contributed by atoms with Gasteiger partial charge in [-0.25, -0.2) is 0 Å². The summed E-state index contributed by atoms with van der Waals surface area (Å²) in [6.45, 7) is -1.80. The maximum atomic E-state index is 9.31. The van der Waals surface area contributed by atoms with Gasteiger partial charge in [0.2, 0.25) is 0 Å². The molecule has 0 spiro atoms. The van der Waals surface area contributed by atoms with E-state index in [1.807, 2.05) is 0 Å². The lowest BCUT2D eigenvalue weighted by atomic mass is 10.3. The molecule has 0 fully saturated rings. The van der Waals surface area contributed by atoms with Crippen LogP contribution in [0.15, 0.2) is 0 Å². The Kier molecular flexibility index (Phi) is 3.91. The Hall–Kier alpha value is -0.0800. The van der Waals surface area contributed by atoms with Crippen molar-refractivity contribution in [3.05, 3.63) is 0 Å². The van der Waals surface area contributed by atoms with Crippen LogP contribution in [0.2, 0.25) is 0 Å². The maximum absolute atomic E-state index is 9.31. The van der Waals surface area contributed by atoms with Gasteiger partial charge in [0.1, 0.15) is 0 Å². The Bertz CT molecular complexity index is 125. The third kappa shape index (κ3) is 6.05. The van der Waals surface area contributed by atoms with Crippen LogP contribution in [0.25, 0.3) is 0 Å². The average molecular weight is 153 g/mol. The van der Waals surface area contributed by atoms with Crippen LogP contribution in [0.5, 0.6) is 0 Å². The minimum absolute atomic E-state index is 0.0628. The van der Waals surface area contributed by atoms with E-state index in [-0.39, 0.29) is 13.0 Å². The Morgan fingerprint density at radius 3 is 2.80 bits per heavy atom. The molecule has 0 aliphatic rings. The van der Waals surface area contributed by atoms with E-state index in [0.29, 0.717) is 19.3 Å². The van der Waals surface area contributed by atoms with E-state index in [1.165, 1.54) is 0 Å². The van der Waals surface area contributed by atoms with Crippen LogP contribution in [-0.4, -0.2) is 22.9 Å². The lowest BCUT2D eigenvalue weighted by Gasteiger charge is -2.06. The highest BCUT2D eigenvalue weighted by molar-refractivity contribution is 4.53. The summed E-state index contributed by atoms with van der Waals surface area (Å²) >= 11 is 0. The fraction of sp³-hybridized carbons (Fsp3) is 1.00. The molecule has 0 aromatic carbocycles. The van der Waals surface area contributed by atoms with Gasteiger partial charge < -0.3 is 10.2 Å². The highest BCUT2D eigenvalue weighted by Crippen LogP contribution is 2.05. The van der Waals surface area contributed by atoms with Crippen molar-refractivity contribution in [2.45, 2.75) is 45.1 Å². The first-order valence-electron chi connectivity index (χ1n) is 5.24. The van der Waals surface area contributed by atoms with Crippen molar-refractivity contribution >= 4 is 0 Å². The first-order chi connectivity index (χ1) is 5.95. The molecular formula is C8H18O2. The number of hydrogen-bond donors (Lipinski definition) is 2. The number of hydrogen-bond acceptors (Lipinski definition) is 2. The SMILES string of the molecule is [2H][13C]([2H])([2H])[13CH2][13CH2][13CH](O)CCCCO. The first-order valence-corrected chi connectivity index (χ1v) is 3.74. The summed E-state index contributed by atoms with van der Waals surface area (Å²) in [6, 6.07) is 0. The molecule has 0 aromatic heterocycles. The van der Waals surface area contributed by atoms with Crippen LogP contribution in [0.3, 0.4) is 0 Å². The van der Waals surface area contributed by atoms with E-state index in [1.54, 1.807) is 0 Å². The number of aliphatic hydroxyl groups excluding tert-OH is 2. The zero-order chi connectivity index (χ0) is 10.3. The van der Waals surface area contributed by atoms with E-state index in [2.05, 4.69) is 0 Å². The van der Waals surface area contributed by atoms with Gasteiger partial charge in [0.05, 0.1) is 6.10 Å². The summed E-state index contributed by atoms with van der Waals surface area (Å²) in [4.78, 5) is 0. The normalized spacial score (nSPS) is 19.2. The molecule has 0 radical (unpaired) electrons. The molecule has 0 amide bonds. The van der Waals surface area contributed by atoms with Crippen molar-refractivity contribution < 1.29 is 14.3 Å². The molecule has 10 heavy (non-hydrogen) atoms. The van der Waals surface area contributed by atoms with E-state index in [9.17, 15) is 5.11 Å². The molecule has 0 rings (SSSR count). The third-order valence-corrected chi connectivity index (χ3v) is 1.42. The highest BCUT2D eigenvalue weighted by Gasteiger charge is 2.00. The van der Waals surface area contributed by atoms with Gasteiger partial charge in [-0.05, 0) is 25.7 Å². The Morgan fingerprint density at radius 2 is 2.20 bits per heavy atom. The van der Waals surface area contributed by atoms with Crippen LogP contribution in [-0.2, 0) is 0 Å². The van der Waals surface area contributed by atoms with Gasteiger partial charge in [0.25, 0.3) is 0 Å². The molecule has 2 heteroatoms. The topological polar surface area (TPSA) is 40.5 Å². The molecule has 0 aliphatic heterocycles. The molecule has 0 saturated heterocycles. The summed E-state index contributed by atoms with van der Waals surface area (Å²) in [6.07, 6.45) is 1.85. The molecule has 0 saturated carbocycles. The van der Waals surface area contributed by atoms with Gasteiger partial charge in [-0.3, -0.25) is 0 Å². The standard InChI is InChI=1S/C8H18O2/c1-2-5-8(10)6-3-4-7-9/h8-10H,2-7H2,1H3/i1+1D3,2+1,5+1,8+1. The van der Waals surface area contributed by atoms with Gasteiger partial charge in [-0.1, -0.05) is 13.3 Å². The Morgan fingerprint density at radius 1 is 1.40 bits per heavy atom. The molecule has 0 aliphatic carbocycles. The molecule has 2 nitrogen and oxygen atoms in total. The van der Waals surface area contributed by atoms with Crippen LogP contribution >= 0.6 is 0 Å². The average Bonchev–Trinajstić information content (AvgIpc) is 2.00. The second-order valence-electron chi connectivity index (χ2n) is 2.41. The number of rotatable bonds is 6. The van der Waals surface area contributed by atoms with Crippen molar-refractivity contribution in [1.82, 2.24) is 0 Å². The van der Waals surface area contributed by atoms with E-state index < -0.39 is 13.0 Å².